The van der Waals surface area contributed by atoms with Crippen LogP contribution in [-0.4, -0.2) is 54.6 Å². The number of methoxy groups -OCH3 is 2. The number of hydrogen-bond donors (Lipinski definition) is 1. The van der Waals surface area contributed by atoms with Crippen LogP contribution in [0.2, 0.25) is 0 Å². The minimum absolute atomic E-state index is 0. The second-order valence-electron chi connectivity index (χ2n) is 5.99. The van der Waals surface area contributed by atoms with Gasteiger partial charge in [0.2, 0.25) is 5.75 Å². The molecule has 1 aliphatic heterocycles. The van der Waals surface area contributed by atoms with Crippen LogP contribution in [-0.2, 0) is 0 Å². The fourth-order valence-electron chi connectivity index (χ4n) is 3.19. The van der Waals surface area contributed by atoms with Crippen LogP contribution in [0.4, 0.5) is 5.69 Å². The molecule has 1 aromatic heterocycles. The average Bonchev–Trinajstić information content (AvgIpc) is 2.72. The average molecular weight is 409 g/mol. The lowest BCUT2D eigenvalue weighted by Gasteiger charge is -2.36. The highest BCUT2D eigenvalue weighted by atomic mass is 35.5. The van der Waals surface area contributed by atoms with E-state index < -0.39 is 4.92 Å². The zero-order valence-corrected chi connectivity index (χ0v) is 16.3. The summed E-state index contributed by atoms with van der Waals surface area (Å²) in [5, 5.41) is 14.7. The van der Waals surface area contributed by atoms with Gasteiger partial charge in [-0.15, -0.1) is 12.4 Å². The van der Waals surface area contributed by atoms with Crippen molar-refractivity contribution in [2.24, 2.45) is 0 Å². The highest BCUT2D eigenvalue weighted by Gasteiger charge is 2.31. The molecule has 1 amide bonds. The number of nitro benzene ring substituents is 1. The highest BCUT2D eigenvalue weighted by Crippen LogP contribution is 2.38. The van der Waals surface area contributed by atoms with Crippen molar-refractivity contribution >= 4 is 24.0 Å². The first-order valence-electron chi connectivity index (χ1n) is 8.38. The predicted octanol–water partition coefficient (Wildman–Crippen LogP) is 2.22. The quantitative estimate of drug-likeness (QED) is 0.597. The molecule has 1 unspecified atom stereocenters. The number of carbonyl (C=O) groups is 1. The first-order chi connectivity index (χ1) is 13.1. The van der Waals surface area contributed by atoms with Crippen LogP contribution < -0.4 is 14.8 Å². The Hall–Kier alpha value is -2.91. The number of pyridine rings is 1. The number of hydrogen-bond acceptors (Lipinski definition) is 7. The molecule has 1 saturated heterocycles. The summed E-state index contributed by atoms with van der Waals surface area (Å²) in [7, 11) is 2.69. The molecule has 9 nitrogen and oxygen atoms in total. The third-order valence-electron chi connectivity index (χ3n) is 4.48. The third kappa shape index (κ3) is 4.15. The van der Waals surface area contributed by atoms with E-state index >= 15 is 0 Å². The van der Waals surface area contributed by atoms with Crippen LogP contribution in [0.1, 0.15) is 22.0 Å². The molecule has 0 spiro atoms. The smallest absolute Gasteiger partial charge is 0.315 e. The zero-order chi connectivity index (χ0) is 19.4. The van der Waals surface area contributed by atoms with Crippen LogP contribution in [0.5, 0.6) is 11.5 Å². The SMILES string of the molecule is COc1cc(C(=O)N2CCNCC2c2cccnc2)cc([N+](=O)[O-])c1OC.Cl. The van der Waals surface area contributed by atoms with Crippen LogP contribution in [0.3, 0.4) is 0 Å². The molecule has 28 heavy (non-hydrogen) atoms. The van der Waals surface area contributed by atoms with E-state index in [1.54, 1.807) is 17.3 Å². The molecular formula is C18H21ClN4O5. The number of aromatic nitrogens is 1. The molecule has 1 aliphatic rings. The summed E-state index contributed by atoms with van der Waals surface area (Å²) in [6.07, 6.45) is 3.39. The topological polar surface area (TPSA) is 107 Å². The lowest BCUT2D eigenvalue weighted by molar-refractivity contribution is -0.385. The van der Waals surface area contributed by atoms with Gasteiger partial charge in [0.15, 0.2) is 5.75 Å². The summed E-state index contributed by atoms with van der Waals surface area (Å²) in [5.41, 5.74) is 0.761. The van der Waals surface area contributed by atoms with Crippen molar-refractivity contribution in [2.75, 3.05) is 33.9 Å². The maximum Gasteiger partial charge on any atom is 0.315 e. The minimum Gasteiger partial charge on any atom is -0.493 e. The van der Waals surface area contributed by atoms with Crippen molar-refractivity contribution in [1.82, 2.24) is 15.2 Å². The molecule has 3 rings (SSSR count). The van der Waals surface area contributed by atoms with Gasteiger partial charge in [0, 0.05) is 38.1 Å². The van der Waals surface area contributed by atoms with Crippen molar-refractivity contribution in [3.8, 4) is 11.5 Å². The van der Waals surface area contributed by atoms with Gasteiger partial charge >= 0.3 is 5.69 Å². The van der Waals surface area contributed by atoms with Gasteiger partial charge in [0.1, 0.15) is 0 Å². The third-order valence-corrected chi connectivity index (χ3v) is 4.48. The minimum atomic E-state index is -0.589. The predicted molar refractivity (Wildman–Crippen MR) is 104 cm³/mol. The van der Waals surface area contributed by atoms with Crippen molar-refractivity contribution in [2.45, 2.75) is 6.04 Å². The Labute approximate surface area is 168 Å². The number of benzene rings is 1. The van der Waals surface area contributed by atoms with Gasteiger partial charge in [-0.1, -0.05) is 6.07 Å². The maximum absolute atomic E-state index is 13.2. The van der Waals surface area contributed by atoms with E-state index in [4.69, 9.17) is 9.47 Å². The Morgan fingerprint density at radius 3 is 2.75 bits per heavy atom. The molecule has 10 heteroatoms. The summed E-state index contributed by atoms with van der Waals surface area (Å²) >= 11 is 0. The van der Waals surface area contributed by atoms with E-state index in [0.29, 0.717) is 19.6 Å². The van der Waals surface area contributed by atoms with E-state index in [2.05, 4.69) is 10.3 Å². The Morgan fingerprint density at radius 2 is 2.14 bits per heavy atom. The van der Waals surface area contributed by atoms with Crippen LogP contribution >= 0.6 is 12.4 Å². The molecule has 1 atom stereocenters. The van der Waals surface area contributed by atoms with Crippen molar-refractivity contribution in [1.29, 1.82) is 0 Å². The number of ether oxygens (including phenoxy) is 2. The Bertz CT molecular complexity index is 849. The molecule has 150 valence electrons. The molecular weight excluding hydrogens is 388 g/mol. The number of nitrogens with one attached hydrogen (secondary N) is 1. The normalized spacial score (nSPS) is 16.1. The molecule has 2 aromatic rings. The molecule has 0 radical (unpaired) electrons. The van der Waals surface area contributed by atoms with E-state index in [1.807, 2.05) is 12.1 Å². The summed E-state index contributed by atoms with van der Waals surface area (Å²) in [4.78, 5) is 29.8. The second-order valence-corrected chi connectivity index (χ2v) is 5.99. The van der Waals surface area contributed by atoms with Crippen molar-refractivity contribution in [3.05, 3.63) is 57.9 Å². The molecule has 0 saturated carbocycles. The standard InChI is InChI=1S/C18H20N4O5.ClH/c1-26-16-9-13(8-14(22(24)25)17(16)27-2)18(23)21-7-6-20-11-15(21)12-4-3-5-19-10-12;/h3-5,8-10,15,20H,6-7,11H2,1-2H3;1H. The van der Waals surface area contributed by atoms with Gasteiger partial charge in [-0.2, -0.15) is 0 Å². The molecule has 2 heterocycles. The number of piperazine rings is 1. The molecule has 1 aromatic carbocycles. The van der Waals surface area contributed by atoms with Crippen molar-refractivity contribution in [3.63, 3.8) is 0 Å². The number of halogens is 1. The highest BCUT2D eigenvalue weighted by molar-refractivity contribution is 5.96. The lowest BCUT2D eigenvalue weighted by atomic mass is 10.0. The zero-order valence-electron chi connectivity index (χ0n) is 15.5. The lowest BCUT2D eigenvalue weighted by Crippen LogP contribution is -2.48. The fourth-order valence-corrected chi connectivity index (χ4v) is 3.19. The Kier molecular flexibility index (Phi) is 7.13. The molecule has 0 aliphatic carbocycles. The first-order valence-corrected chi connectivity index (χ1v) is 8.38. The Morgan fingerprint density at radius 1 is 1.36 bits per heavy atom. The van der Waals surface area contributed by atoms with Crippen LogP contribution in [0.15, 0.2) is 36.7 Å². The monoisotopic (exact) mass is 408 g/mol. The Balaban J connectivity index is 0.00000280. The van der Waals surface area contributed by atoms with Gasteiger partial charge < -0.3 is 19.7 Å². The van der Waals surface area contributed by atoms with Gasteiger partial charge in [-0.25, -0.2) is 0 Å². The fraction of sp³-hybridized carbons (Fsp3) is 0.333. The number of nitrogens with zero attached hydrogens (tertiary/aromatic N) is 3. The van der Waals surface area contributed by atoms with Gasteiger partial charge in [-0.05, 0) is 17.7 Å². The summed E-state index contributed by atoms with van der Waals surface area (Å²) in [5.74, 6) is -0.180. The molecule has 1 fully saturated rings. The summed E-state index contributed by atoms with van der Waals surface area (Å²) in [6.45, 7) is 1.69. The van der Waals surface area contributed by atoms with E-state index in [0.717, 1.165) is 5.56 Å². The molecule has 1 N–H and O–H groups in total. The number of nitro groups is 1. The van der Waals surface area contributed by atoms with E-state index in [-0.39, 0.29) is 47.1 Å². The van der Waals surface area contributed by atoms with Crippen LogP contribution in [0.25, 0.3) is 0 Å². The largest absolute Gasteiger partial charge is 0.493 e. The van der Waals surface area contributed by atoms with Gasteiger partial charge in [0.05, 0.1) is 30.7 Å². The summed E-state index contributed by atoms with van der Waals surface area (Å²) in [6, 6.07) is 6.20. The van der Waals surface area contributed by atoms with E-state index in [1.165, 1.54) is 26.4 Å². The first kappa shape index (κ1) is 21.4. The number of amides is 1. The number of rotatable bonds is 5. The summed E-state index contributed by atoms with van der Waals surface area (Å²) < 4.78 is 10.3. The molecule has 0 bridgehead atoms. The number of carbonyl (C=O) groups excluding carboxylic acids is 1. The van der Waals surface area contributed by atoms with Crippen LogP contribution in [0, 0.1) is 10.1 Å². The maximum atomic E-state index is 13.2. The second kappa shape index (κ2) is 9.34. The van der Waals surface area contributed by atoms with Gasteiger partial charge in [-0.3, -0.25) is 19.9 Å². The van der Waals surface area contributed by atoms with E-state index in [9.17, 15) is 14.9 Å². The van der Waals surface area contributed by atoms with Gasteiger partial charge in [0.25, 0.3) is 5.91 Å². The van der Waals surface area contributed by atoms with Crippen molar-refractivity contribution < 1.29 is 19.2 Å².